The second-order valence-electron chi connectivity index (χ2n) is 4.28. The van der Waals surface area contributed by atoms with Crippen molar-refractivity contribution in [2.24, 2.45) is 0 Å². The number of aromatic nitrogens is 3. The maximum Gasteiger partial charge on any atom is 0.275 e. The molecule has 19 heavy (non-hydrogen) atoms. The summed E-state index contributed by atoms with van der Waals surface area (Å²) in [5.41, 5.74) is 1.16. The summed E-state index contributed by atoms with van der Waals surface area (Å²) < 4.78 is 10.7. The van der Waals surface area contributed by atoms with Crippen molar-refractivity contribution in [2.45, 2.75) is 0 Å². The highest BCUT2D eigenvalue weighted by molar-refractivity contribution is 5.85. The van der Waals surface area contributed by atoms with E-state index in [-0.39, 0.29) is 5.56 Å². The van der Waals surface area contributed by atoms with Crippen LogP contribution >= 0.6 is 0 Å². The number of anilines is 1. The van der Waals surface area contributed by atoms with Gasteiger partial charge in [-0.3, -0.25) is 4.79 Å². The standard InChI is InChI=1S/C12H14N4O3/c1-18-11-7-9-8(12(17)14-15-13-9)6-10(11)16-2-4-19-5-3-16/h6-7H,2-5H2,1H3,(H,13,14,17). The van der Waals surface area contributed by atoms with Gasteiger partial charge in [-0.1, -0.05) is 5.21 Å². The second-order valence-corrected chi connectivity index (χ2v) is 4.28. The molecule has 0 radical (unpaired) electrons. The third kappa shape index (κ3) is 2.12. The zero-order valence-corrected chi connectivity index (χ0v) is 10.5. The van der Waals surface area contributed by atoms with Gasteiger partial charge in [-0.2, -0.15) is 0 Å². The molecule has 1 aromatic heterocycles. The molecule has 0 unspecified atom stereocenters. The summed E-state index contributed by atoms with van der Waals surface area (Å²) >= 11 is 0. The highest BCUT2D eigenvalue weighted by Gasteiger charge is 2.17. The molecule has 0 bridgehead atoms. The molecule has 1 saturated heterocycles. The summed E-state index contributed by atoms with van der Waals surface area (Å²) in [7, 11) is 1.60. The van der Waals surface area contributed by atoms with Gasteiger partial charge in [-0.15, -0.1) is 5.10 Å². The number of benzene rings is 1. The minimum Gasteiger partial charge on any atom is -0.495 e. The molecule has 100 valence electrons. The van der Waals surface area contributed by atoms with Crippen molar-refractivity contribution >= 4 is 16.6 Å². The number of H-pyrrole nitrogens is 1. The van der Waals surface area contributed by atoms with Crippen LogP contribution in [-0.4, -0.2) is 48.8 Å². The van der Waals surface area contributed by atoms with Crippen molar-refractivity contribution < 1.29 is 9.47 Å². The minimum absolute atomic E-state index is 0.248. The van der Waals surface area contributed by atoms with Crippen LogP contribution in [0, 0.1) is 0 Å². The normalized spacial score (nSPS) is 15.7. The lowest BCUT2D eigenvalue weighted by Gasteiger charge is -2.30. The van der Waals surface area contributed by atoms with Gasteiger partial charge < -0.3 is 14.4 Å². The Morgan fingerprint density at radius 2 is 2.16 bits per heavy atom. The number of nitrogens with zero attached hydrogens (tertiary/aromatic N) is 3. The lowest BCUT2D eigenvalue weighted by Crippen LogP contribution is -2.36. The fraction of sp³-hybridized carbons (Fsp3) is 0.417. The van der Waals surface area contributed by atoms with Crippen molar-refractivity contribution in [2.75, 3.05) is 38.3 Å². The first-order chi connectivity index (χ1) is 9.29. The Hall–Kier alpha value is -2.15. The molecule has 1 aromatic carbocycles. The quantitative estimate of drug-likeness (QED) is 0.830. The predicted molar refractivity (Wildman–Crippen MR) is 69.7 cm³/mol. The number of fused-ring (bicyclic) bond motifs is 1. The number of hydrogen-bond acceptors (Lipinski definition) is 6. The summed E-state index contributed by atoms with van der Waals surface area (Å²) in [5.74, 6) is 0.689. The highest BCUT2D eigenvalue weighted by Crippen LogP contribution is 2.31. The number of nitrogens with one attached hydrogen (secondary N) is 1. The van der Waals surface area contributed by atoms with E-state index in [9.17, 15) is 4.79 Å². The van der Waals surface area contributed by atoms with E-state index in [1.807, 2.05) is 0 Å². The molecule has 3 rings (SSSR count). The van der Waals surface area contributed by atoms with Gasteiger partial charge in [0.1, 0.15) is 11.3 Å². The first kappa shape index (κ1) is 11.9. The van der Waals surface area contributed by atoms with Gasteiger partial charge in [-0.25, -0.2) is 5.10 Å². The summed E-state index contributed by atoms with van der Waals surface area (Å²) in [5, 5.41) is 10.3. The van der Waals surface area contributed by atoms with Gasteiger partial charge in [0, 0.05) is 19.2 Å². The van der Waals surface area contributed by atoms with E-state index in [4.69, 9.17) is 9.47 Å². The van der Waals surface area contributed by atoms with Gasteiger partial charge in [0.25, 0.3) is 5.56 Å². The van der Waals surface area contributed by atoms with Crippen LogP contribution in [0.15, 0.2) is 16.9 Å². The topological polar surface area (TPSA) is 80.3 Å². The molecule has 1 N–H and O–H groups in total. The minimum atomic E-state index is -0.248. The SMILES string of the molecule is COc1cc2nn[nH]c(=O)c2cc1N1CCOCC1. The molecular weight excluding hydrogens is 248 g/mol. The monoisotopic (exact) mass is 262 g/mol. The number of aromatic amines is 1. The van der Waals surface area contributed by atoms with Crippen LogP contribution in [0.25, 0.3) is 10.9 Å². The summed E-state index contributed by atoms with van der Waals surface area (Å²) in [6.45, 7) is 2.90. The summed E-state index contributed by atoms with van der Waals surface area (Å²) in [4.78, 5) is 13.9. The lowest BCUT2D eigenvalue weighted by atomic mass is 10.2. The van der Waals surface area contributed by atoms with E-state index in [1.165, 1.54) is 0 Å². The van der Waals surface area contributed by atoms with Crippen molar-refractivity contribution in [3.8, 4) is 5.75 Å². The molecule has 0 atom stereocenters. The first-order valence-corrected chi connectivity index (χ1v) is 6.05. The van der Waals surface area contributed by atoms with Crippen molar-refractivity contribution in [3.05, 3.63) is 22.5 Å². The van der Waals surface area contributed by atoms with E-state index in [0.717, 1.165) is 18.8 Å². The van der Waals surface area contributed by atoms with E-state index >= 15 is 0 Å². The van der Waals surface area contributed by atoms with Crippen LogP contribution in [0.1, 0.15) is 0 Å². The molecule has 2 heterocycles. The molecule has 1 fully saturated rings. The summed E-state index contributed by atoms with van der Waals surface area (Å²) in [6, 6.07) is 3.54. The fourth-order valence-electron chi connectivity index (χ4n) is 2.22. The average Bonchev–Trinajstić information content (AvgIpc) is 2.47. The third-order valence-electron chi connectivity index (χ3n) is 3.20. The van der Waals surface area contributed by atoms with Crippen molar-refractivity contribution in [1.29, 1.82) is 0 Å². The zero-order valence-electron chi connectivity index (χ0n) is 10.5. The lowest BCUT2D eigenvalue weighted by molar-refractivity contribution is 0.122. The predicted octanol–water partition coefficient (Wildman–Crippen LogP) is 0.163. The number of methoxy groups -OCH3 is 1. The van der Waals surface area contributed by atoms with Gasteiger partial charge in [0.15, 0.2) is 0 Å². The molecule has 7 nitrogen and oxygen atoms in total. The van der Waals surface area contributed by atoms with Crippen LogP contribution < -0.4 is 15.2 Å². The number of ether oxygens (including phenoxy) is 2. The Balaban J connectivity index is 2.16. The van der Waals surface area contributed by atoms with Crippen LogP contribution in [-0.2, 0) is 4.74 Å². The van der Waals surface area contributed by atoms with Crippen molar-refractivity contribution in [3.63, 3.8) is 0 Å². The third-order valence-corrected chi connectivity index (χ3v) is 3.20. The molecule has 7 heteroatoms. The smallest absolute Gasteiger partial charge is 0.275 e. The molecule has 0 amide bonds. The number of hydrogen-bond donors (Lipinski definition) is 1. The Bertz CT molecular complexity index is 649. The van der Waals surface area contributed by atoms with Gasteiger partial charge in [0.2, 0.25) is 0 Å². The number of morpholine rings is 1. The van der Waals surface area contributed by atoms with E-state index in [2.05, 4.69) is 20.3 Å². The van der Waals surface area contributed by atoms with Crippen LogP contribution in [0.2, 0.25) is 0 Å². The largest absolute Gasteiger partial charge is 0.495 e. The molecule has 0 saturated carbocycles. The van der Waals surface area contributed by atoms with E-state index in [1.54, 1.807) is 19.2 Å². The van der Waals surface area contributed by atoms with E-state index < -0.39 is 0 Å². The Kier molecular flexibility index (Phi) is 3.04. The first-order valence-electron chi connectivity index (χ1n) is 6.05. The molecule has 0 aliphatic carbocycles. The molecule has 1 aliphatic rings. The Labute approximate surface area is 109 Å². The summed E-state index contributed by atoms with van der Waals surface area (Å²) in [6.07, 6.45) is 0. The Morgan fingerprint density at radius 3 is 2.89 bits per heavy atom. The average molecular weight is 262 g/mol. The van der Waals surface area contributed by atoms with Crippen LogP contribution in [0.4, 0.5) is 5.69 Å². The Morgan fingerprint density at radius 1 is 1.37 bits per heavy atom. The van der Waals surface area contributed by atoms with Crippen LogP contribution in [0.3, 0.4) is 0 Å². The molecule has 1 aliphatic heterocycles. The number of rotatable bonds is 2. The molecule has 2 aromatic rings. The second kappa shape index (κ2) is 4.85. The fourth-order valence-corrected chi connectivity index (χ4v) is 2.22. The zero-order chi connectivity index (χ0) is 13.2. The van der Waals surface area contributed by atoms with E-state index in [0.29, 0.717) is 29.9 Å². The van der Waals surface area contributed by atoms with Crippen molar-refractivity contribution in [1.82, 2.24) is 15.4 Å². The van der Waals surface area contributed by atoms with Gasteiger partial charge >= 0.3 is 0 Å². The van der Waals surface area contributed by atoms with Gasteiger partial charge in [0.05, 0.1) is 31.4 Å². The molecule has 0 spiro atoms. The van der Waals surface area contributed by atoms with Crippen LogP contribution in [0.5, 0.6) is 5.75 Å². The maximum absolute atomic E-state index is 11.8. The highest BCUT2D eigenvalue weighted by atomic mass is 16.5. The van der Waals surface area contributed by atoms with Gasteiger partial charge in [-0.05, 0) is 6.07 Å². The maximum atomic E-state index is 11.8. The molecular formula is C12H14N4O3.